The van der Waals surface area contributed by atoms with Crippen molar-refractivity contribution in [3.05, 3.63) is 53.2 Å². The number of urea groups is 1. The highest BCUT2D eigenvalue weighted by atomic mass is 32.1. The number of aromatic nitrogens is 2. The van der Waals surface area contributed by atoms with Crippen molar-refractivity contribution >= 4 is 46.0 Å². The lowest BCUT2D eigenvalue weighted by Gasteiger charge is -2.34. The molecule has 1 fully saturated rings. The van der Waals surface area contributed by atoms with E-state index < -0.39 is 0 Å². The van der Waals surface area contributed by atoms with Gasteiger partial charge in [0.25, 0.3) is 0 Å². The maximum Gasteiger partial charge on any atom is 0.325 e. The van der Waals surface area contributed by atoms with Crippen molar-refractivity contribution in [2.45, 2.75) is 26.2 Å². The number of hydrogen-bond donors (Lipinski definition) is 2. The summed E-state index contributed by atoms with van der Waals surface area (Å²) in [7, 11) is 2.14. The molecule has 1 aliphatic rings. The van der Waals surface area contributed by atoms with Crippen LogP contribution >= 0.6 is 11.3 Å². The molecule has 0 bridgehead atoms. The number of hydrogen-bond acceptors (Lipinski definition) is 7. The van der Waals surface area contributed by atoms with Crippen molar-refractivity contribution in [3.63, 3.8) is 0 Å². The number of thiazole rings is 1. The molecule has 1 saturated heterocycles. The lowest BCUT2D eigenvalue weighted by Crippen LogP contribution is -2.44. The van der Waals surface area contributed by atoms with Gasteiger partial charge in [0, 0.05) is 60.1 Å². The molecule has 1 aliphatic heterocycles. The van der Waals surface area contributed by atoms with E-state index in [1.807, 2.05) is 30.3 Å². The van der Waals surface area contributed by atoms with Crippen LogP contribution < -0.4 is 15.5 Å². The molecular formula is C24H30N6O2S. The molecule has 0 aliphatic carbocycles. The summed E-state index contributed by atoms with van der Waals surface area (Å²) in [5.74, 6) is 1.38. The first kappa shape index (κ1) is 23.0. The standard InChI is InChI=1S/C24H30N6O2S/c1-24(2,3)20-16-25-21(32-20)10-9-19-15-26-23(33-19)28-22(31)27-17-5-7-18(8-6-17)30-13-11-29(4)12-14-30/h5-10,15-16H,11-14H2,1-4H3,(H2,26,27,28,31). The van der Waals surface area contributed by atoms with Gasteiger partial charge < -0.3 is 19.5 Å². The Morgan fingerprint density at radius 1 is 1.03 bits per heavy atom. The molecule has 2 N–H and O–H groups in total. The fourth-order valence-electron chi connectivity index (χ4n) is 3.37. The highest BCUT2D eigenvalue weighted by Crippen LogP contribution is 2.25. The van der Waals surface area contributed by atoms with Gasteiger partial charge in [-0.3, -0.25) is 5.32 Å². The number of carbonyl (C=O) groups excluding carboxylic acids is 1. The molecule has 0 saturated carbocycles. The largest absolute Gasteiger partial charge is 0.441 e. The van der Waals surface area contributed by atoms with Crippen LogP contribution in [-0.4, -0.2) is 54.1 Å². The first-order valence-electron chi connectivity index (χ1n) is 11.0. The van der Waals surface area contributed by atoms with Crippen molar-refractivity contribution in [1.29, 1.82) is 0 Å². The summed E-state index contributed by atoms with van der Waals surface area (Å²) in [5.41, 5.74) is 1.82. The van der Waals surface area contributed by atoms with Gasteiger partial charge in [0.15, 0.2) is 5.13 Å². The smallest absolute Gasteiger partial charge is 0.325 e. The topological polar surface area (TPSA) is 86.5 Å². The van der Waals surface area contributed by atoms with Gasteiger partial charge in [-0.2, -0.15) is 0 Å². The van der Waals surface area contributed by atoms with Crippen molar-refractivity contribution in [1.82, 2.24) is 14.9 Å². The van der Waals surface area contributed by atoms with Crippen LogP contribution in [0.2, 0.25) is 0 Å². The van der Waals surface area contributed by atoms with Gasteiger partial charge in [-0.15, -0.1) is 0 Å². The van der Waals surface area contributed by atoms with Crippen LogP contribution in [-0.2, 0) is 5.41 Å². The van der Waals surface area contributed by atoms with Crippen LogP contribution in [0.3, 0.4) is 0 Å². The Hall–Kier alpha value is -3.17. The van der Waals surface area contributed by atoms with E-state index in [-0.39, 0.29) is 11.4 Å². The van der Waals surface area contributed by atoms with Crippen LogP contribution in [0.25, 0.3) is 12.2 Å². The Morgan fingerprint density at radius 3 is 2.42 bits per heavy atom. The Morgan fingerprint density at radius 2 is 1.76 bits per heavy atom. The molecular weight excluding hydrogens is 436 g/mol. The number of likely N-dealkylation sites (N-methyl/N-ethyl adjacent to an activating group) is 1. The van der Waals surface area contributed by atoms with Gasteiger partial charge in [-0.1, -0.05) is 32.1 Å². The quantitative estimate of drug-likeness (QED) is 0.551. The van der Waals surface area contributed by atoms with E-state index in [9.17, 15) is 4.79 Å². The van der Waals surface area contributed by atoms with Crippen molar-refractivity contribution in [2.75, 3.05) is 48.8 Å². The third-order valence-electron chi connectivity index (χ3n) is 5.39. The molecule has 2 aromatic heterocycles. The van der Waals surface area contributed by atoms with E-state index in [0.717, 1.165) is 42.5 Å². The Kier molecular flexibility index (Phi) is 6.80. The van der Waals surface area contributed by atoms with Crippen molar-refractivity contribution in [3.8, 4) is 0 Å². The van der Waals surface area contributed by atoms with Crippen LogP contribution in [0.1, 0.15) is 37.3 Å². The zero-order valence-corrected chi connectivity index (χ0v) is 20.3. The fourth-order valence-corrected chi connectivity index (χ4v) is 4.08. The summed E-state index contributed by atoms with van der Waals surface area (Å²) in [6.45, 7) is 10.4. The summed E-state index contributed by atoms with van der Waals surface area (Å²) in [5, 5.41) is 6.16. The summed E-state index contributed by atoms with van der Waals surface area (Å²) >= 11 is 1.37. The molecule has 0 atom stereocenters. The number of amides is 2. The second-order valence-corrected chi connectivity index (χ2v) is 10.2. The molecule has 8 nitrogen and oxygen atoms in total. The number of nitrogens with one attached hydrogen (secondary N) is 2. The SMILES string of the molecule is CN1CCN(c2ccc(NC(=O)Nc3ncc(C=Cc4ncc(C(C)(C)C)o4)s3)cc2)CC1. The minimum absolute atomic E-state index is 0.0844. The fraction of sp³-hybridized carbons (Fsp3) is 0.375. The Bertz CT molecular complexity index is 1100. The van der Waals surface area contributed by atoms with Crippen LogP contribution in [0.5, 0.6) is 0 Å². The second kappa shape index (κ2) is 9.76. The molecule has 1 aromatic carbocycles. The summed E-state index contributed by atoms with van der Waals surface area (Å²) < 4.78 is 5.76. The zero-order chi connectivity index (χ0) is 23.4. The Labute approximate surface area is 198 Å². The number of rotatable bonds is 5. The van der Waals surface area contributed by atoms with E-state index >= 15 is 0 Å². The molecule has 33 heavy (non-hydrogen) atoms. The van der Waals surface area contributed by atoms with Gasteiger partial charge in [0.1, 0.15) is 5.76 Å². The number of carbonyl (C=O) groups is 1. The van der Waals surface area contributed by atoms with E-state index in [0.29, 0.717) is 11.0 Å². The maximum absolute atomic E-state index is 12.4. The van der Waals surface area contributed by atoms with Gasteiger partial charge >= 0.3 is 6.03 Å². The van der Waals surface area contributed by atoms with Gasteiger partial charge in [-0.05, 0) is 37.4 Å². The third kappa shape index (κ3) is 6.21. The predicted octanol–water partition coefficient (Wildman–Crippen LogP) is 4.99. The number of piperazine rings is 1. The van der Waals surface area contributed by atoms with E-state index in [2.05, 4.69) is 58.2 Å². The Balaban J connectivity index is 1.29. The number of oxazole rings is 1. The average Bonchev–Trinajstić information content (AvgIpc) is 3.43. The van der Waals surface area contributed by atoms with Crippen LogP contribution in [0.4, 0.5) is 21.3 Å². The maximum atomic E-state index is 12.4. The normalized spacial score (nSPS) is 15.2. The molecule has 3 heterocycles. The minimum atomic E-state index is -0.324. The molecule has 3 aromatic rings. The lowest BCUT2D eigenvalue weighted by molar-refractivity contribution is 0.262. The monoisotopic (exact) mass is 466 g/mol. The predicted molar refractivity (Wildman–Crippen MR) is 135 cm³/mol. The zero-order valence-electron chi connectivity index (χ0n) is 19.5. The second-order valence-electron chi connectivity index (χ2n) is 9.13. The summed E-state index contributed by atoms with van der Waals surface area (Å²) in [6.07, 6.45) is 7.13. The number of anilines is 3. The third-order valence-corrected chi connectivity index (χ3v) is 6.27. The van der Waals surface area contributed by atoms with Crippen molar-refractivity contribution in [2.24, 2.45) is 0 Å². The van der Waals surface area contributed by atoms with Gasteiger partial charge in [0.2, 0.25) is 5.89 Å². The van der Waals surface area contributed by atoms with E-state index in [1.165, 1.54) is 17.0 Å². The molecule has 4 rings (SSSR count). The van der Waals surface area contributed by atoms with E-state index in [1.54, 1.807) is 18.5 Å². The number of nitrogens with zero attached hydrogens (tertiary/aromatic N) is 4. The summed E-state index contributed by atoms with van der Waals surface area (Å²) in [4.78, 5) is 26.5. The van der Waals surface area contributed by atoms with Crippen LogP contribution in [0.15, 0.2) is 41.1 Å². The molecule has 0 radical (unpaired) electrons. The first-order chi connectivity index (χ1) is 15.8. The highest BCUT2D eigenvalue weighted by Gasteiger charge is 2.18. The van der Waals surface area contributed by atoms with E-state index in [4.69, 9.17) is 4.42 Å². The summed E-state index contributed by atoms with van der Waals surface area (Å²) in [6, 6.07) is 7.61. The molecule has 174 valence electrons. The molecule has 2 amide bonds. The first-order valence-corrected chi connectivity index (χ1v) is 11.8. The minimum Gasteiger partial charge on any atom is -0.441 e. The van der Waals surface area contributed by atoms with Crippen LogP contribution in [0, 0.1) is 0 Å². The molecule has 0 unspecified atom stereocenters. The number of benzene rings is 1. The average molecular weight is 467 g/mol. The van der Waals surface area contributed by atoms with Crippen molar-refractivity contribution < 1.29 is 9.21 Å². The highest BCUT2D eigenvalue weighted by molar-refractivity contribution is 7.16. The molecule has 9 heteroatoms. The van der Waals surface area contributed by atoms with Gasteiger partial charge in [-0.25, -0.2) is 14.8 Å². The van der Waals surface area contributed by atoms with Gasteiger partial charge in [0.05, 0.1) is 6.20 Å². The lowest BCUT2D eigenvalue weighted by atomic mass is 9.94. The molecule has 0 spiro atoms.